The highest BCUT2D eigenvalue weighted by atomic mass is 16.2. The molecule has 17 heavy (non-hydrogen) atoms. The highest BCUT2D eigenvalue weighted by Gasteiger charge is 2.33. The number of amides is 1. The Hall–Kier alpha value is -0.545. The molecule has 2 N–H and O–H groups in total. The Kier molecular flexibility index (Phi) is 4.10. The van der Waals surface area contributed by atoms with Gasteiger partial charge in [-0.25, -0.2) is 0 Å². The van der Waals surface area contributed by atoms with Crippen LogP contribution in [0.5, 0.6) is 0 Å². The fourth-order valence-electron chi connectivity index (χ4n) is 2.79. The van der Waals surface area contributed by atoms with Crippen molar-refractivity contribution in [3.05, 3.63) is 0 Å². The molecule has 0 bridgehead atoms. The fourth-order valence-corrected chi connectivity index (χ4v) is 2.79. The molecule has 2 atom stereocenters. The highest BCUT2D eigenvalue weighted by Crippen LogP contribution is 2.19. The summed E-state index contributed by atoms with van der Waals surface area (Å²) < 4.78 is 0. The SMILES string of the molecule is [B][C@@H]1CCCN1C(=O)CN[C@]1(CC)CCNC1. The second kappa shape index (κ2) is 5.40. The Balaban J connectivity index is 1.82. The zero-order chi connectivity index (χ0) is 12.3. The molecule has 0 saturated carbocycles. The molecule has 5 heteroatoms. The number of rotatable bonds is 4. The van der Waals surface area contributed by atoms with E-state index in [1.165, 1.54) is 0 Å². The molecule has 0 unspecified atom stereocenters. The zero-order valence-corrected chi connectivity index (χ0v) is 10.7. The van der Waals surface area contributed by atoms with Crippen LogP contribution in [-0.4, -0.2) is 56.3 Å². The first-order valence-corrected chi connectivity index (χ1v) is 6.68. The van der Waals surface area contributed by atoms with Crippen molar-refractivity contribution in [2.75, 3.05) is 26.2 Å². The van der Waals surface area contributed by atoms with Crippen LogP contribution < -0.4 is 10.6 Å². The lowest BCUT2D eigenvalue weighted by Gasteiger charge is -2.30. The summed E-state index contributed by atoms with van der Waals surface area (Å²) in [6.07, 6.45) is 4.13. The minimum atomic E-state index is -0.0661. The number of carbonyl (C=O) groups is 1. The second-order valence-corrected chi connectivity index (χ2v) is 5.21. The van der Waals surface area contributed by atoms with E-state index in [4.69, 9.17) is 7.85 Å². The molecule has 2 rings (SSSR count). The molecule has 0 aromatic carbocycles. The van der Waals surface area contributed by atoms with Crippen LogP contribution in [0.1, 0.15) is 32.6 Å². The summed E-state index contributed by atoms with van der Waals surface area (Å²) in [7, 11) is 5.89. The van der Waals surface area contributed by atoms with E-state index in [2.05, 4.69) is 17.6 Å². The first-order valence-electron chi connectivity index (χ1n) is 6.68. The van der Waals surface area contributed by atoms with E-state index < -0.39 is 0 Å². The summed E-state index contributed by atoms with van der Waals surface area (Å²) in [6, 6.07) is 0. The van der Waals surface area contributed by atoms with Crippen LogP contribution in [0, 0.1) is 0 Å². The maximum absolute atomic E-state index is 12.0. The van der Waals surface area contributed by atoms with Crippen LogP contribution in [0.15, 0.2) is 0 Å². The maximum Gasteiger partial charge on any atom is 0.236 e. The minimum Gasteiger partial charge on any atom is -0.348 e. The van der Waals surface area contributed by atoms with Gasteiger partial charge in [-0.1, -0.05) is 6.92 Å². The van der Waals surface area contributed by atoms with Gasteiger partial charge in [0.25, 0.3) is 0 Å². The van der Waals surface area contributed by atoms with Crippen LogP contribution in [0.3, 0.4) is 0 Å². The van der Waals surface area contributed by atoms with E-state index in [1.807, 2.05) is 0 Å². The maximum atomic E-state index is 12.0. The van der Waals surface area contributed by atoms with Crippen LogP contribution >= 0.6 is 0 Å². The van der Waals surface area contributed by atoms with Crippen LogP contribution in [0.4, 0.5) is 0 Å². The molecular weight excluding hydrogens is 213 g/mol. The first-order chi connectivity index (χ1) is 8.17. The summed E-state index contributed by atoms with van der Waals surface area (Å²) in [5.41, 5.74) is 0.111. The van der Waals surface area contributed by atoms with Crippen LogP contribution in [0.25, 0.3) is 0 Å². The molecule has 2 aliphatic heterocycles. The van der Waals surface area contributed by atoms with Gasteiger partial charge in [-0.3, -0.25) is 4.79 Å². The van der Waals surface area contributed by atoms with E-state index in [0.29, 0.717) is 6.54 Å². The molecule has 2 saturated heterocycles. The molecule has 94 valence electrons. The Bertz CT molecular complexity index is 279. The van der Waals surface area contributed by atoms with Gasteiger partial charge in [0.2, 0.25) is 5.91 Å². The molecule has 0 aliphatic carbocycles. The van der Waals surface area contributed by atoms with E-state index >= 15 is 0 Å². The van der Waals surface area contributed by atoms with Crippen molar-refractivity contribution in [1.29, 1.82) is 0 Å². The minimum absolute atomic E-state index is 0.0661. The largest absolute Gasteiger partial charge is 0.348 e. The van der Waals surface area contributed by atoms with Crippen molar-refractivity contribution in [1.82, 2.24) is 15.5 Å². The smallest absolute Gasteiger partial charge is 0.236 e. The van der Waals surface area contributed by atoms with Gasteiger partial charge in [0.15, 0.2) is 0 Å². The third-order valence-corrected chi connectivity index (χ3v) is 4.15. The van der Waals surface area contributed by atoms with E-state index in [9.17, 15) is 4.79 Å². The average Bonchev–Trinajstić information content (AvgIpc) is 2.95. The van der Waals surface area contributed by atoms with Gasteiger partial charge in [-0.2, -0.15) is 0 Å². The fraction of sp³-hybridized carbons (Fsp3) is 0.917. The summed E-state index contributed by atoms with van der Waals surface area (Å²) in [5.74, 6) is 0.0818. The number of likely N-dealkylation sites (tertiary alicyclic amines) is 1. The summed E-state index contributed by atoms with van der Waals surface area (Å²) in [5, 5.41) is 6.79. The van der Waals surface area contributed by atoms with Crippen molar-refractivity contribution in [3.8, 4) is 0 Å². The van der Waals surface area contributed by atoms with Crippen LogP contribution in [-0.2, 0) is 4.79 Å². The van der Waals surface area contributed by atoms with Crippen molar-refractivity contribution in [2.45, 2.75) is 44.1 Å². The van der Waals surface area contributed by atoms with E-state index in [1.54, 1.807) is 4.90 Å². The first kappa shape index (κ1) is 12.9. The predicted octanol–water partition coefficient (Wildman–Crippen LogP) is -0.165. The number of carbonyl (C=O) groups excluding carboxylic acids is 1. The molecule has 2 radical (unpaired) electrons. The quantitative estimate of drug-likeness (QED) is 0.665. The predicted molar refractivity (Wildman–Crippen MR) is 69.0 cm³/mol. The van der Waals surface area contributed by atoms with Gasteiger partial charge >= 0.3 is 0 Å². The van der Waals surface area contributed by atoms with Gasteiger partial charge < -0.3 is 15.5 Å². The number of hydrogen-bond donors (Lipinski definition) is 2. The van der Waals surface area contributed by atoms with Crippen molar-refractivity contribution < 1.29 is 4.79 Å². The highest BCUT2D eigenvalue weighted by molar-refractivity contribution is 6.13. The topological polar surface area (TPSA) is 44.4 Å². The van der Waals surface area contributed by atoms with Gasteiger partial charge in [0.1, 0.15) is 0 Å². The van der Waals surface area contributed by atoms with Crippen LogP contribution in [0.2, 0.25) is 0 Å². The van der Waals surface area contributed by atoms with Gasteiger partial charge in [-0.05, 0) is 38.2 Å². The zero-order valence-electron chi connectivity index (χ0n) is 10.7. The molecule has 0 aromatic rings. The third-order valence-electron chi connectivity index (χ3n) is 4.15. The summed E-state index contributed by atoms with van der Waals surface area (Å²) in [4.78, 5) is 13.8. The number of hydrogen-bond acceptors (Lipinski definition) is 3. The van der Waals surface area contributed by atoms with Crippen molar-refractivity contribution >= 4 is 13.8 Å². The summed E-state index contributed by atoms with van der Waals surface area (Å²) >= 11 is 0. The molecule has 2 aliphatic rings. The lowest BCUT2D eigenvalue weighted by atomic mass is 9.93. The molecule has 4 nitrogen and oxygen atoms in total. The van der Waals surface area contributed by atoms with Gasteiger partial charge in [-0.15, -0.1) is 0 Å². The lowest BCUT2D eigenvalue weighted by Crippen LogP contribution is -2.51. The standard InChI is InChI=1S/C12H22BN3O/c1-2-12(5-6-14-9-12)15-8-11(17)16-7-3-4-10(16)13/h10,14-15H,2-9H2,1H3/t10-,12+/m0/s1. The molecule has 1 amide bonds. The molecule has 2 fully saturated rings. The van der Waals surface area contributed by atoms with E-state index in [0.717, 1.165) is 45.3 Å². The molecular formula is C12H22BN3O. The molecule has 0 spiro atoms. The van der Waals surface area contributed by atoms with Crippen molar-refractivity contribution in [3.63, 3.8) is 0 Å². The van der Waals surface area contributed by atoms with Crippen molar-refractivity contribution in [2.24, 2.45) is 0 Å². The molecule has 2 heterocycles. The Morgan fingerprint density at radius 2 is 2.47 bits per heavy atom. The normalized spacial score (nSPS) is 33.2. The van der Waals surface area contributed by atoms with Gasteiger partial charge in [0.05, 0.1) is 14.4 Å². The monoisotopic (exact) mass is 235 g/mol. The lowest BCUT2D eigenvalue weighted by molar-refractivity contribution is -0.130. The number of nitrogens with zero attached hydrogens (tertiary/aromatic N) is 1. The number of nitrogens with one attached hydrogen (secondary N) is 2. The average molecular weight is 235 g/mol. The van der Waals surface area contributed by atoms with E-state index in [-0.39, 0.29) is 17.4 Å². The summed E-state index contributed by atoms with van der Waals surface area (Å²) in [6.45, 7) is 5.41. The third kappa shape index (κ3) is 2.83. The Morgan fingerprint density at radius 3 is 3.00 bits per heavy atom. The van der Waals surface area contributed by atoms with Gasteiger partial charge in [0, 0.05) is 18.6 Å². The Labute approximate surface area is 105 Å². The second-order valence-electron chi connectivity index (χ2n) is 5.21. The molecule has 0 aromatic heterocycles. The Morgan fingerprint density at radius 1 is 1.65 bits per heavy atom.